The first-order valence-electron chi connectivity index (χ1n) is 15.1. The van der Waals surface area contributed by atoms with Crippen molar-refractivity contribution < 1.29 is 27.5 Å². The molecule has 0 aromatic heterocycles. The Kier molecular flexibility index (Phi) is 8.46. The molecular formula is C32H37N5O6S. The smallest absolute Gasteiger partial charge is 0.245 e. The van der Waals surface area contributed by atoms with Gasteiger partial charge in [0.15, 0.2) is 11.5 Å². The summed E-state index contributed by atoms with van der Waals surface area (Å²) >= 11 is 0. The van der Waals surface area contributed by atoms with Gasteiger partial charge in [0.1, 0.15) is 31.1 Å². The van der Waals surface area contributed by atoms with E-state index < -0.39 is 28.0 Å². The van der Waals surface area contributed by atoms with Gasteiger partial charge >= 0.3 is 0 Å². The number of piperidine rings is 2. The molecule has 3 aromatic carbocycles. The maximum atomic E-state index is 13.9. The van der Waals surface area contributed by atoms with Crippen molar-refractivity contribution in [2.75, 3.05) is 32.8 Å². The first kappa shape index (κ1) is 29.9. The lowest BCUT2D eigenvalue weighted by Crippen LogP contribution is -2.60. The summed E-state index contributed by atoms with van der Waals surface area (Å²) in [5.74, 6) is 0.600. The van der Waals surface area contributed by atoms with Crippen LogP contribution in [0.4, 0.5) is 0 Å². The number of rotatable bonds is 8. The Morgan fingerprint density at radius 1 is 0.932 bits per heavy atom. The van der Waals surface area contributed by atoms with Crippen molar-refractivity contribution in [3.8, 4) is 11.5 Å². The second kappa shape index (κ2) is 12.4. The van der Waals surface area contributed by atoms with Crippen molar-refractivity contribution in [1.82, 2.24) is 14.5 Å². The number of hydrogen-bond donors (Lipinski definition) is 3. The van der Waals surface area contributed by atoms with Crippen LogP contribution in [0.5, 0.6) is 11.5 Å². The zero-order chi connectivity index (χ0) is 30.8. The van der Waals surface area contributed by atoms with Crippen molar-refractivity contribution in [2.45, 2.75) is 55.5 Å². The number of nitrogen functional groups attached to an aromatic ring is 1. The minimum Gasteiger partial charge on any atom is -0.486 e. The normalized spacial score (nSPS) is 19.5. The van der Waals surface area contributed by atoms with Crippen LogP contribution >= 0.6 is 0 Å². The summed E-state index contributed by atoms with van der Waals surface area (Å²) in [5, 5.41) is 9.15. The molecule has 0 radical (unpaired) electrons. The maximum Gasteiger partial charge on any atom is 0.245 e. The lowest BCUT2D eigenvalue weighted by atomic mass is 9.97. The lowest BCUT2D eigenvalue weighted by molar-refractivity contribution is -0.149. The summed E-state index contributed by atoms with van der Waals surface area (Å²) in [4.78, 5) is 31.2. The fourth-order valence-corrected chi connectivity index (χ4v) is 7.46. The SMILES string of the molecule is N=C(N)c1ccc(CC(C(=O)N2CCCCC2)N2CCCC(NS(=O)(=O)c3ccc4cc5c(cc4c3)OCCO5)C2=O)cc1. The van der Waals surface area contributed by atoms with Crippen LogP contribution in [-0.2, 0) is 26.0 Å². The third-order valence-electron chi connectivity index (χ3n) is 8.58. The molecule has 12 heteroatoms. The molecule has 0 saturated carbocycles. The Bertz CT molecular complexity index is 1690. The topological polar surface area (TPSA) is 155 Å². The van der Waals surface area contributed by atoms with Crippen molar-refractivity contribution in [1.29, 1.82) is 5.41 Å². The highest BCUT2D eigenvalue weighted by atomic mass is 32.2. The molecular weight excluding hydrogens is 582 g/mol. The van der Waals surface area contributed by atoms with Gasteiger partial charge in [0.25, 0.3) is 0 Å². The minimum absolute atomic E-state index is 0.0399. The molecule has 2 saturated heterocycles. The molecule has 11 nitrogen and oxygen atoms in total. The molecule has 3 heterocycles. The first-order chi connectivity index (χ1) is 21.2. The quantitative estimate of drug-likeness (QED) is 0.259. The van der Waals surface area contributed by atoms with E-state index in [1.807, 2.05) is 23.1 Å². The van der Waals surface area contributed by atoms with E-state index in [0.717, 1.165) is 30.2 Å². The van der Waals surface area contributed by atoms with E-state index in [1.165, 1.54) is 6.07 Å². The fourth-order valence-electron chi connectivity index (χ4n) is 6.20. The summed E-state index contributed by atoms with van der Waals surface area (Å²) in [6.45, 7) is 2.51. The minimum atomic E-state index is -4.06. The van der Waals surface area contributed by atoms with Gasteiger partial charge in [0, 0.05) is 31.6 Å². The molecule has 232 valence electrons. The van der Waals surface area contributed by atoms with Gasteiger partial charge in [-0.25, -0.2) is 8.42 Å². The number of amides is 2. The van der Waals surface area contributed by atoms with Gasteiger partial charge < -0.3 is 25.0 Å². The van der Waals surface area contributed by atoms with Gasteiger partial charge in [0.05, 0.1) is 4.90 Å². The second-order valence-corrected chi connectivity index (χ2v) is 13.3. The van der Waals surface area contributed by atoms with Crippen molar-refractivity contribution in [3.63, 3.8) is 0 Å². The van der Waals surface area contributed by atoms with Crippen LogP contribution in [0, 0.1) is 5.41 Å². The molecule has 6 rings (SSSR count). The number of likely N-dealkylation sites (tertiary alicyclic amines) is 2. The summed E-state index contributed by atoms with van der Waals surface area (Å²) in [6, 6.07) is 13.7. The highest BCUT2D eigenvalue weighted by Gasteiger charge is 2.40. The standard InChI is InChI=1S/C32H37N5O6S/c33-30(34)22-8-6-21(7-9-22)17-27(32(39)36-12-2-1-3-13-36)37-14-4-5-26(31(37)38)35-44(40,41)25-11-10-23-19-28-29(20-24(23)18-25)43-16-15-42-28/h6-11,18-20,26-27,35H,1-5,12-17H2,(H3,33,34). The average molecular weight is 620 g/mol. The molecule has 0 aliphatic carbocycles. The van der Waals surface area contributed by atoms with Gasteiger partial charge in [-0.2, -0.15) is 4.72 Å². The van der Waals surface area contributed by atoms with Crippen molar-refractivity contribution in [3.05, 3.63) is 65.7 Å². The van der Waals surface area contributed by atoms with E-state index in [4.69, 9.17) is 20.6 Å². The number of fused-ring (bicyclic) bond motifs is 2. The van der Waals surface area contributed by atoms with Crippen molar-refractivity contribution in [2.24, 2.45) is 5.73 Å². The predicted molar refractivity (Wildman–Crippen MR) is 165 cm³/mol. The zero-order valence-corrected chi connectivity index (χ0v) is 25.3. The number of carbonyl (C=O) groups is 2. The summed E-state index contributed by atoms with van der Waals surface area (Å²) < 4.78 is 41.1. The van der Waals surface area contributed by atoms with Crippen molar-refractivity contribution >= 4 is 38.4 Å². The van der Waals surface area contributed by atoms with Crippen LogP contribution in [-0.4, -0.2) is 80.8 Å². The molecule has 2 amide bonds. The third-order valence-corrected chi connectivity index (χ3v) is 10.0. The van der Waals surface area contributed by atoms with E-state index >= 15 is 0 Å². The molecule has 0 spiro atoms. The van der Waals surface area contributed by atoms with E-state index in [2.05, 4.69) is 4.72 Å². The van der Waals surface area contributed by atoms with Crippen LogP contribution in [0.1, 0.15) is 43.2 Å². The maximum absolute atomic E-state index is 13.9. The van der Waals surface area contributed by atoms with Crippen LogP contribution in [0.25, 0.3) is 10.8 Å². The van der Waals surface area contributed by atoms with Crippen LogP contribution in [0.2, 0.25) is 0 Å². The largest absolute Gasteiger partial charge is 0.486 e. The molecule has 44 heavy (non-hydrogen) atoms. The summed E-state index contributed by atoms with van der Waals surface area (Å²) in [5.41, 5.74) is 7.01. The molecule has 2 unspecified atom stereocenters. The fraction of sp³-hybridized carbons (Fsp3) is 0.406. The number of amidine groups is 1. The Labute approximate surface area is 256 Å². The van der Waals surface area contributed by atoms with E-state index in [0.29, 0.717) is 68.1 Å². The molecule has 3 aliphatic heterocycles. The van der Waals surface area contributed by atoms with E-state index in [9.17, 15) is 18.0 Å². The highest BCUT2D eigenvalue weighted by Crippen LogP contribution is 2.35. The zero-order valence-electron chi connectivity index (χ0n) is 24.5. The summed E-state index contributed by atoms with van der Waals surface area (Å²) in [7, 11) is -4.06. The Hall–Kier alpha value is -4.16. The molecule has 4 N–H and O–H groups in total. The van der Waals surface area contributed by atoms with Crippen LogP contribution in [0.3, 0.4) is 0 Å². The second-order valence-electron chi connectivity index (χ2n) is 11.6. The monoisotopic (exact) mass is 619 g/mol. The molecule has 3 aliphatic rings. The summed E-state index contributed by atoms with van der Waals surface area (Å²) in [6.07, 6.45) is 4.04. The van der Waals surface area contributed by atoms with Gasteiger partial charge in [-0.15, -0.1) is 0 Å². The van der Waals surface area contributed by atoms with E-state index in [-0.39, 0.29) is 23.1 Å². The van der Waals surface area contributed by atoms with Crippen LogP contribution in [0.15, 0.2) is 59.5 Å². The Morgan fingerprint density at radius 2 is 1.61 bits per heavy atom. The van der Waals surface area contributed by atoms with Crippen LogP contribution < -0.4 is 19.9 Å². The lowest BCUT2D eigenvalue weighted by Gasteiger charge is -2.40. The molecule has 2 fully saturated rings. The van der Waals surface area contributed by atoms with Gasteiger partial charge in [-0.1, -0.05) is 30.3 Å². The van der Waals surface area contributed by atoms with Gasteiger partial charge in [-0.05, 0) is 72.7 Å². The number of ether oxygens (including phenoxy) is 2. The number of nitrogens with two attached hydrogens (primary N) is 1. The molecule has 0 bridgehead atoms. The molecule has 3 aromatic rings. The highest BCUT2D eigenvalue weighted by molar-refractivity contribution is 7.89. The third kappa shape index (κ3) is 6.22. The molecule has 2 atom stereocenters. The number of nitrogens with one attached hydrogen (secondary N) is 2. The van der Waals surface area contributed by atoms with E-state index in [1.54, 1.807) is 35.2 Å². The Balaban J connectivity index is 1.24. The number of hydrogen-bond acceptors (Lipinski definition) is 7. The predicted octanol–water partition coefficient (Wildman–Crippen LogP) is 2.79. The number of benzene rings is 3. The number of carbonyl (C=O) groups excluding carboxylic acids is 2. The van der Waals surface area contributed by atoms with Gasteiger partial charge in [-0.3, -0.25) is 15.0 Å². The Morgan fingerprint density at radius 3 is 2.30 bits per heavy atom. The first-order valence-corrected chi connectivity index (χ1v) is 16.6. The number of sulfonamides is 1. The van der Waals surface area contributed by atoms with Gasteiger partial charge in [0.2, 0.25) is 21.8 Å². The average Bonchev–Trinajstić information content (AvgIpc) is 3.03. The number of nitrogens with zero attached hydrogens (tertiary/aromatic N) is 2.